The molecule has 2 amide bonds. The summed E-state index contributed by atoms with van der Waals surface area (Å²) in [5.74, 6) is 0.338. The Bertz CT molecular complexity index is 1680. The van der Waals surface area contributed by atoms with E-state index in [-0.39, 0.29) is 23.0 Å². The zero-order valence-corrected chi connectivity index (χ0v) is 27.9. The average molecular weight is 662 g/mol. The van der Waals surface area contributed by atoms with Crippen LogP contribution in [0.15, 0.2) is 108 Å². The summed E-state index contributed by atoms with van der Waals surface area (Å²) in [6.45, 7) is 5.79. The summed E-state index contributed by atoms with van der Waals surface area (Å²) in [5.41, 5.74) is 1.94. The fourth-order valence-corrected chi connectivity index (χ4v) is 6.42. The van der Waals surface area contributed by atoms with Gasteiger partial charge >= 0.3 is 0 Å². The molecule has 46 heavy (non-hydrogen) atoms. The van der Waals surface area contributed by atoms with Gasteiger partial charge < -0.3 is 15.0 Å². The fraction of sp³-hybridized carbons (Fsp3) is 0.278. The van der Waals surface area contributed by atoms with Crippen LogP contribution in [0.25, 0.3) is 0 Å². The molecule has 4 aromatic rings. The SMILES string of the molecule is CCCCNC(=O)[C@@H](CC)N(Cc1ccc(Cl)cc1)C(=O)CN(c1ccc(Oc2ccccc2)cc1)S(=O)(=O)c1ccc(C)cc1. The highest BCUT2D eigenvalue weighted by Gasteiger charge is 2.33. The van der Waals surface area contributed by atoms with E-state index in [1.54, 1.807) is 60.7 Å². The molecule has 8 nitrogen and oxygen atoms in total. The van der Waals surface area contributed by atoms with Crippen molar-refractivity contribution in [2.45, 2.75) is 57.5 Å². The number of rotatable bonds is 15. The smallest absolute Gasteiger partial charge is 0.264 e. The lowest BCUT2D eigenvalue weighted by Crippen LogP contribution is -2.52. The minimum atomic E-state index is -4.19. The number of carbonyl (C=O) groups is 2. The van der Waals surface area contributed by atoms with Crippen LogP contribution in [-0.2, 0) is 26.2 Å². The maximum atomic E-state index is 14.3. The number of para-hydroxylation sites is 1. The highest BCUT2D eigenvalue weighted by molar-refractivity contribution is 7.92. The number of hydrogen-bond acceptors (Lipinski definition) is 5. The lowest BCUT2D eigenvalue weighted by atomic mass is 10.1. The van der Waals surface area contributed by atoms with Crippen LogP contribution in [0.5, 0.6) is 11.5 Å². The van der Waals surface area contributed by atoms with Gasteiger partial charge in [0.05, 0.1) is 10.6 Å². The largest absolute Gasteiger partial charge is 0.457 e. The highest BCUT2D eigenvalue weighted by Crippen LogP contribution is 2.29. The third-order valence-corrected chi connectivity index (χ3v) is 9.51. The molecule has 1 N–H and O–H groups in total. The summed E-state index contributed by atoms with van der Waals surface area (Å²) in [6, 6.07) is 28.4. The van der Waals surface area contributed by atoms with Gasteiger partial charge in [-0.15, -0.1) is 0 Å². The number of halogens is 1. The molecule has 1 atom stereocenters. The van der Waals surface area contributed by atoms with Crippen molar-refractivity contribution in [2.75, 3.05) is 17.4 Å². The van der Waals surface area contributed by atoms with Crippen molar-refractivity contribution in [1.82, 2.24) is 10.2 Å². The van der Waals surface area contributed by atoms with Gasteiger partial charge in [-0.2, -0.15) is 0 Å². The Morgan fingerprint density at radius 1 is 0.848 bits per heavy atom. The molecule has 0 aliphatic carbocycles. The number of anilines is 1. The Hall–Kier alpha value is -4.34. The molecule has 0 bridgehead atoms. The van der Waals surface area contributed by atoms with Crippen molar-refractivity contribution < 1.29 is 22.7 Å². The Kier molecular flexibility index (Phi) is 12.2. The molecule has 0 aliphatic heterocycles. The van der Waals surface area contributed by atoms with Crippen LogP contribution < -0.4 is 14.4 Å². The van der Waals surface area contributed by atoms with Crippen LogP contribution in [0, 0.1) is 6.92 Å². The summed E-state index contributed by atoms with van der Waals surface area (Å²) < 4.78 is 35.3. The van der Waals surface area contributed by atoms with E-state index in [0.29, 0.717) is 29.5 Å². The van der Waals surface area contributed by atoms with Crippen molar-refractivity contribution in [3.63, 3.8) is 0 Å². The van der Waals surface area contributed by atoms with E-state index in [9.17, 15) is 18.0 Å². The van der Waals surface area contributed by atoms with Crippen LogP contribution in [0.3, 0.4) is 0 Å². The van der Waals surface area contributed by atoms with Gasteiger partial charge in [-0.25, -0.2) is 8.42 Å². The summed E-state index contributed by atoms with van der Waals surface area (Å²) in [7, 11) is -4.19. The molecule has 0 unspecified atom stereocenters. The van der Waals surface area contributed by atoms with Crippen molar-refractivity contribution in [3.05, 3.63) is 119 Å². The third kappa shape index (κ3) is 9.11. The first kappa shape index (κ1) is 34.5. The average Bonchev–Trinajstić information content (AvgIpc) is 3.05. The van der Waals surface area contributed by atoms with Gasteiger partial charge in [0.25, 0.3) is 10.0 Å². The molecule has 0 spiro atoms. The number of sulfonamides is 1. The molecule has 0 aromatic heterocycles. The second-order valence-electron chi connectivity index (χ2n) is 11.0. The minimum absolute atomic E-state index is 0.0455. The molecular formula is C36H40ClN3O5S. The second-order valence-corrected chi connectivity index (χ2v) is 13.2. The van der Waals surface area contributed by atoms with E-state index >= 15 is 0 Å². The fourth-order valence-electron chi connectivity index (χ4n) is 4.88. The van der Waals surface area contributed by atoms with Crippen molar-refractivity contribution in [3.8, 4) is 11.5 Å². The van der Waals surface area contributed by atoms with Crippen molar-refractivity contribution in [1.29, 1.82) is 0 Å². The predicted octanol–water partition coefficient (Wildman–Crippen LogP) is 7.36. The number of hydrogen-bond donors (Lipinski definition) is 1. The number of amides is 2. The first-order valence-electron chi connectivity index (χ1n) is 15.4. The van der Waals surface area contributed by atoms with Gasteiger partial charge in [0.15, 0.2) is 0 Å². The molecule has 0 aliphatic rings. The predicted molar refractivity (Wildman–Crippen MR) is 183 cm³/mol. The van der Waals surface area contributed by atoms with Gasteiger partial charge in [0.1, 0.15) is 24.1 Å². The van der Waals surface area contributed by atoms with Gasteiger partial charge in [-0.3, -0.25) is 13.9 Å². The van der Waals surface area contributed by atoms with E-state index < -0.39 is 28.5 Å². The molecule has 0 fully saturated rings. The standard InChI is InChI=1S/C36H40ClN3O5S/c1-4-6-24-38-36(42)34(5-2)39(25-28-14-16-29(37)17-15-28)35(41)26-40(46(43,44)33-22-12-27(3)13-23-33)30-18-20-32(21-19-30)45-31-10-8-7-9-11-31/h7-23,34H,4-6,24-26H2,1-3H3,(H,38,42)/t34-/m1/s1. The van der Waals surface area contributed by atoms with Gasteiger partial charge in [-0.1, -0.05) is 79.9 Å². The summed E-state index contributed by atoms with van der Waals surface area (Å²) in [6.07, 6.45) is 2.05. The van der Waals surface area contributed by atoms with Crippen molar-refractivity contribution >= 4 is 39.1 Å². The van der Waals surface area contributed by atoms with Gasteiger partial charge in [0, 0.05) is 18.1 Å². The van der Waals surface area contributed by atoms with E-state index in [0.717, 1.165) is 28.3 Å². The maximum absolute atomic E-state index is 14.3. The number of benzene rings is 4. The lowest BCUT2D eigenvalue weighted by Gasteiger charge is -2.33. The van der Waals surface area contributed by atoms with Crippen LogP contribution in [0.1, 0.15) is 44.2 Å². The van der Waals surface area contributed by atoms with Gasteiger partial charge in [0.2, 0.25) is 11.8 Å². The maximum Gasteiger partial charge on any atom is 0.264 e. The molecule has 0 saturated carbocycles. The number of unbranched alkanes of at least 4 members (excludes halogenated alkanes) is 1. The lowest BCUT2D eigenvalue weighted by molar-refractivity contribution is -0.140. The number of carbonyl (C=O) groups excluding carboxylic acids is 2. The topological polar surface area (TPSA) is 96.0 Å². The second kappa shape index (κ2) is 16.3. The van der Waals surface area contributed by atoms with E-state index in [1.165, 1.54) is 17.0 Å². The van der Waals surface area contributed by atoms with Crippen LogP contribution in [-0.4, -0.2) is 44.3 Å². The Morgan fingerprint density at radius 3 is 2.09 bits per heavy atom. The summed E-state index contributed by atoms with van der Waals surface area (Å²) in [4.78, 5) is 29.1. The summed E-state index contributed by atoms with van der Waals surface area (Å²) >= 11 is 6.11. The molecule has 10 heteroatoms. The normalized spacial score (nSPS) is 11.8. The number of nitrogens with zero attached hydrogens (tertiary/aromatic N) is 2. The highest BCUT2D eigenvalue weighted by atomic mass is 35.5. The summed E-state index contributed by atoms with van der Waals surface area (Å²) in [5, 5.41) is 3.48. The van der Waals surface area contributed by atoms with Crippen molar-refractivity contribution in [2.24, 2.45) is 0 Å². The van der Waals surface area contributed by atoms with Gasteiger partial charge in [-0.05, 0) is 86.0 Å². The van der Waals surface area contributed by atoms with E-state index in [1.807, 2.05) is 51.1 Å². The first-order valence-corrected chi connectivity index (χ1v) is 17.2. The number of ether oxygens (including phenoxy) is 1. The molecule has 4 aromatic carbocycles. The Labute approximate surface area is 277 Å². The molecular weight excluding hydrogens is 622 g/mol. The Balaban J connectivity index is 1.70. The number of aryl methyl sites for hydroxylation is 1. The Morgan fingerprint density at radius 2 is 1.48 bits per heavy atom. The minimum Gasteiger partial charge on any atom is -0.457 e. The molecule has 242 valence electrons. The van der Waals surface area contributed by atoms with Crippen LogP contribution in [0.2, 0.25) is 5.02 Å². The molecule has 0 radical (unpaired) electrons. The third-order valence-electron chi connectivity index (χ3n) is 7.47. The molecule has 0 heterocycles. The molecule has 0 saturated heterocycles. The molecule has 4 rings (SSSR count). The number of nitrogens with one attached hydrogen (secondary N) is 1. The monoisotopic (exact) mass is 661 g/mol. The first-order chi connectivity index (χ1) is 22.1. The quantitative estimate of drug-likeness (QED) is 0.134. The van der Waals surface area contributed by atoms with Crippen LogP contribution in [0.4, 0.5) is 5.69 Å². The van der Waals surface area contributed by atoms with E-state index in [2.05, 4.69) is 5.32 Å². The zero-order valence-electron chi connectivity index (χ0n) is 26.4. The zero-order chi connectivity index (χ0) is 33.1. The van der Waals surface area contributed by atoms with E-state index in [4.69, 9.17) is 16.3 Å². The van der Waals surface area contributed by atoms with Crippen LogP contribution >= 0.6 is 11.6 Å².